The Bertz CT molecular complexity index is 522. The summed E-state index contributed by atoms with van der Waals surface area (Å²) in [4.78, 5) is 24.6. The second-order valence-electron chi connectivity index (χ2n) is 4.24. The van der Waals surface area contributed by atoms with E-state index in [1.165, 1.54) is 4.90 Å². The van der Waals surface area contributed by atoms with Crippen molar-refractivity contribution in [2.45, 2.75) is 12.6 Å². The highest BCUT2D eigenvalue weighted by Gasteiger charge is 2.32. The first-order valence-electron chi connectivity index (χ1n) is 5.72. The topological polar surface area (TPSA) is 61.4 Å². The fraction of sp³-hybridized carbons (Fsp3) is 0.333. The van der Waals surface area contributed by atoms with Crippen molar-refractivity contribution < 1.29 is 9.59 Å². The van der Waals surface area contributed by atoms with Crippen molar-refractivity contribution in [2.75, 3.05) is 13.6 Å². The van der Waals surface area contributed by atoms with Gasteiger partial charge in [0, 0.05) is 20.1 Å². The van der Waals surface area contributed by atoms with Crippen LogP contribution in [0.2, 0.25) is 10.0 Å². The van der Waals surface area contributed by atoms with Gasteiger partial charge in [0.15, 0.2) is 0 Å². The molecule has 0 bridgehead atoms. The Morgan fingerprint density at radius 2 is 2.26 bits per heavy atom. The molecule has 1 atom stereocenters. The highest BCUT2D eigenvalue weighted by molar-refractivity contribution is 6.42. The van der Waals surface area contributed by atoms with Crippen LogP contribution < -0.4 is 10.6 Å². The number of urea groups is 1. The predicted octanol–water partition coefficient (Wildman–Crippen LogP) is 1.63. The number of nitrogens with zero attached hydrogens (tertiary/aromatic N) is 1. The summed E-state index contributed by atoms with van der Waals surface area (Å²) < 4.78 is 0. The monoisotopic (exact) mass is 301 g/mol. The number of rotatable bonds is 3. The maximum Gasteiger partial charge on any atom is 0.317 e. The van der Waals surface area contributed by atoms with Crippen LogP contribution >= 0.6 is 23.2 Å². The van der Waals surface area contributed by atoms with Gasteiger partial charge >= 0.3 is 6.03 Å². The Balaban J connectivity index is 1.97. The number of nitrogens with one attached hydrogen (secondary N) is 2. The molecule has 1 fully saturated rings. The SMILES string of the molecule is CN1C(=O)NC[C@H]1C(=O)NCc1cccc(Cl)c1Cl. The van der Waals surface area contributed by atoms with E-state index in [-0.39, 0.29) is 18.5 Å². The minimum Gasteiger partial charge on any atom is -0.350 e. The van der Waals surface area contributed by atoms with E-state index in [0.717, 1.165) is 5.56 Å². The zero-order valence-electron chi connectivity index (χ0n) is 10.2. The molecule has 0 saturated carbocycles. The molecule has 1 saturated heterocycles. The van der Waals surface area contributed by atoms with Crippen LogP contribution in [0.5, 0.6) is 0 Å². The van der Waals surface area contributed by atoms with Gasteiger partial charge in [-0.1, -0.05) is 35.3 Å². The van der Waals surface area contributed by atoms with Gasteiger partial charge in [0.05, 0.1) is 10.0 Å². The third kappa shape index (κ3) is 2.93. The number of amides is 3. The fourth-order valence-corrected chi connectivity index (χ4v) is 2.23. The Hall–Kier alpha value is -1.46. The van der Waals surface area contributed by atoms with Crippen molar-refractivity contribution in [3.05, 3.63) is 33.8 Å². The van der Waals surface area contributed by atoms with Gasteiger partial charge in [0.1, 0.15) is 6.04 Å². The van der Waals surface area contributed by atoms with Gasteiger partial charge in [-0.25, -0.2) is 4.79 Å². The molecule has 0 spiro atoms. The van der Waals surface area contributed by atoms with Crippen LogP contribution in [0.4, 0.5) is 4.79 Å². The first kappa shape index (κ1) is 14.0. The lowest BCUT2D eigenvalue weighted by Gasteiger charge is -2.17. The fourth-order valence-electron chi connectivity index (χ4n) is 1.84. The zero-order chi connectivity index (χ0) is 14.0. The third-order valence-electron chi connectivity index (χ3n) is 3.02. The van der Waals surface area contributed by atoms with E-state index < -0.39 is 6.04 Å². The quantitative estimate of drug-likeness (QED) is 0.891. The van der Waals surface area contributed by atoms with E-state index in [1.807, 2.05) is 0 Å². The van der Waals surface area contributed by atoms with Crippen molar-refractivity contribution in [3.63, 3.8) is 0 Å². The maximum absolute atomic E-state index is 11.9. The van der Waals surface area contributed by atoms with Gasteiger partial charge in [0.2, 0.25) is 5.91 Å². The Morgan fingerprint density at radius 3 is 2.89 bits per heavy atom. The second-order valence-corrected chi connectivity index (χ2v) is 5.03. The van der Waals surface area contributed by atoms with E-state index in [9.17, 15) is 9.59 Å². The van der Waals surface area contributed by atoms with Crippen LogP contribution in [0.3, 0.4) is 0 Å². The third-order valence-corrected chi connectivity index (χ3v) is 3.88. The van der Waals surface area contributed by atoms with Crippen LogP contribution in [0.25, 0.3) is 0 Å². The molecule has 1 aliphatic heterocycles. The Kier molecular flexibility index (Phi) is 4.17. The van der Waals surface area contributed by atoms with Crippen LogP contribution in [-0.2, 0) is 11.3 Å². The molecule has 1 heterocycles. The van der Waals surface area contributed by atoms with Crippen molar-refractivity contribution in [1.29, 1.82) is 0 Å². The number of likely N-dealkylation sites (N-methyl/N-ethyl adjacent to an activating group) is 1. The molecule has 3 amide bonds. The molecule has 0 unspecified atom stereocenters. The number of carbonyl (C=O) groups is 2. The highest BCUT2D eigenvalue weighted by Crippen LogP contribution is 2.25. The van der Waals surface area contributed by atoms with Crippen molar-refractivity contribution in [2.24, 2.45) is 0 Å². The van der Waals surface area contributed by atoms with Gasteiger partial charge in [-0.05, 0) is 11.6 Å². The van der Waals surface area contributed by atoms with Crippen LogP contribution in [0.1, 0.15) is 5.56 Å². The van der Waals surface area contributed by atoms with Crippen LogP contribution in [-0.4, -0.2) is 36.5 Å². The van der Waals surface area contributed by atoms with E-state index in [1.54, 1.807) is 25.2 Å². The molecule has 1 aromatic rings. The number of halogens is 2. The molecule has 19 heavy (non-hydrogen) atoms. The summed E-state index contributed by atoms with van der Waals surface area (Å²) in [5, 5.41) is 6.22. The van der Waals surface area contributed by atoms with Gasteiger partial charge < -0.3 is 15.5 Å². The van der Waals surface area contributed by atoms with Crippen molar-refractivity contribution in [1.82, 2.24) is 15.5 Å². The van der Waals surface area contributed by atoms with Crippen molar-refractivity contribution in [3.8, 4) is 0 Å². The van der Waals surface area contributed by atoms with E-state index in [0.29, 0.717) is 16.6 Å². The van der Waals surface area contributed by atoms with Crippen LogP contribution in [0, 0.1) is 0 Å². The summed E-state index contributed by atoms with van der Waals surface area (Å²) in [6.07, 6.45) is 0. The number of carbonyl (C=O) groups excluding carboxylic acids is 2. The minimum absolute atomic E-state index is 0.225. The van der Waals surface area contributed by atoms with E-state index in [2.05, 4.69) is 10.6 Å². The number of hydrogen-bond acceptors (Lipinski definition) is 2. The molecule has 102 valence electrons. The summed E-state index contributed by atoms with van der Waals surface area (Å²) in [7, 11) is 1.58. The standard InChI is InChI=1S/C12H13Cl2N3O2/c1-17-9(6-16-12(17)19)11(18)15-5-7-3-2-4-8(13)10(7)14/h2-4,9H,5-6H2,1H3,(H,15,18)(H,16,19)/t9-/m0/s1. The Labute approximate surface area is 120 Å². The summed E-state index contributed by atoms with van der Waals surface area (Å²) in [5.41, 5.74) is 0.738. The molecule has 0 aromatic heterocycles. The predicted molar refractivity (Wildman–Crippen MR) is 73.3 cm³/mol. The van der Waals surface area contributed by atoms with Gasteiger partial charge in [-0.3, -0.25) is 4.79 Å². The van der Waals surface area contributed by atoms with Gasteiger partial charge in [-0.15, -0.1) is 0 Å². The minimum atomic E-state index is -0.495. The first-order chi connectivity index (χ1) is 9.00. The lowest BCUT2D eigenvalue weighted by atomic mass is 10.2. The number of hydrogen-bond donors (Lipinski definition) is 2. The number of benzene rings is 1. The highest BCUT2D eigenvalue weighted by atomic mass is 35.5. The molecule has 2 rings (SSSR count). The normalized spacial score (nSPS) is 18.4. The summed E-state index contributed by atoms with van der Waals surface area (Å²) in [6.45, 7) is 0.585. The second kappa shape index (κ2) is 5.67. The molecule has 1 aliphatic rings. The first-order valence-corrected chi connectivity index (χ1v) is 6.47. The lowest BCUT2D eigenvalue weighted by molar-refractivity contribution is -0.124. The summed E-state index contributed by atoms with van der Waals surface area (Å²) in [5.74, 6) is -0.225. The van der Waals surface area contributed by atoms with Crippen LogP contribution in [0.15, 0.2) is 18.2 Å². The molecular formula is C12H13Cl2N3O2. The summed E-state index contributed by atoms with van der Waals surface area (Å²) >= 11 is 11.9. The molecule has 5 nitrogen and oxygen atoms in total. The average molecular weight is 302 g/mol. The average Bonchev–Trinajstić information content (AvgIpc) is 2.72. The smallest absolute Gasteiger partial charge is 0.317 e. The van der Waals surface area contributed by atoms with E-state index in [4.69, 9.17) is 23.2 Å². The molecular weight excluding hydrogens is 289 g/mol. The molecule has 2 N–H and O–H groups in total. The Morgan fingerprint density at radius 1 is 1.53 bits per heavy atom. The molecule has 0 aliphatic carbocycles. The lowest BCUT2D eigenvalue weighted by Crippen LogP contribution is -2.43. The zero-order valence-corrected chi connectivity index (χ0v) is 11.8. The van der Waals surface area contributed by atoms with E-state index >= 15 is 0 Å². The van der Waals surface area contributed by atoms with Gasteiger partial charge in [0.25, 0.3) is 0 Å². The molecule has 0 radical (unpaired) electrons. The summed E-state index contributed by atoms with van der Waals surface area (Å²) in [6, 6.07) is 4.49. The largest absolute Gasteiger partial charge is 0.350 e. The van der Waals surface area contributed by atoms with Crippen molar-refractivity contribution >= 4 is 35.1 Å². The molecule has 1 aromatic carbocycles. The molecule has 7 heteroatoms. The van der Waals surface area contributed by atoms with Gasteiger partial charge in [-0.2, -0.15) is 0 Å². The maximum atomic E-state index is 11.9.